The number of rotatable bonds is 5. The molecule has 0 atom stereocenters. The topological polar surface area (TPSA) is 80.8 Å². The van der Waals surface area contributed by atoms with Gasteiger partial charge in [0.25, 0.3) is 5.91 Å². The van der Waals surface area contributed by atoms with E-state index < -0.39 is 0 Å². The summed E-state index contributed by atoms with van der Waals surface area (Å²) in [5.41, 5.74) is 0.454. The summed E-state index contributed by atoms with van der Waals surface area (Å²) < 4.78 is 10.6. The maximum absolute atomic E-state index is 12.8. The molecule has 0 saturated carbocycles. The van der Waals surface area contributed by atoms with Crippen molar-refractivity contribution >= 4 is 28.3 Å². The minimum absolute atomic E-state index is 0.0520. The molecule has 1 aliphatic heterocycles. The third kappa shape index (κ3) is 3.90. The summed E-state index contributed by atoms with van der Waals surface area (Å²) in [7, 11) is 0. The highest BCUT2D eigenvalue weighted by atomic mass is 32.1. The molecule has 1 aromatic heterocycles. The van der Waals surface area contributed by atoms with Crippen molar-refractivity contribution in [1.82, 2.24) is 9.88 Å². The van der Waals surface area contributed by atoms with Crippen molar-refractivity contribution in [2.75, 3.05) is 18.7 Å². The molecule has 0 spiro atoms. The fraction of sp³-hybridized carbons (Fsp3) is 0.353. The minimum atomic E-state index is -0.280. The Kier molecular flexibility index (Phi) is 4.89. The van der Waals surface area contributed by atoms with Crippen LogP contribution in [0.1, 0.15) is 29.1 Å². The van der Waals surface area contributed by atoms with Crippen molar-refractivity contribution in [2.24, 2.45) is 0 Å². The standard InChI is InChI=1S/C17H19N3O4S/c1-10(2)20(8-15(21)19-17-18-7-11(3)25-17)16(22)12-4-5-13-14(6-12)24-9-23-13/h4-7,10H,8-9H2,1-3H3,(H,18,19,21). The van der Waals surface area contributed by atoms with Gasteiger partial charge < -0.3 is 19.7 Å². The molecule has 132 valence electrons. The lowest BCUT2D eigenvalue weighted by Gasteiger charge is -2.26. The molecule has 7 nitrogen and oxygen atoms in total. The number of anilines is 1. The molecule has 1 aromatic carbocycles. The zero-order chi connectivity index (χ0) is 18.0. The zero-order valence-electron chi connectivity index (χ0n) is 14.2. The van der Waals surface area contributed by atoms with Crippen LogP contribution in [0.4, 0.5) is 5.13 Å². The Balaban J connectivity index is 1.71. The van der Waals surface area contributed by atoms with Gasteiger partial charge in [0.1, 0.15) is 6.54 Å². The van der Waals surface area contributed by atoms with Crippen LogP contribution in [-0.2, 0) is 4.79 Å². The van der Waals surface area contributed by atoms with Crippen molar-refractivity contribution in [3.8, 4) is 11.5 Å². The smallest absolute Gasteiger partial charge is 0.254 e. The van der Waals surface area contributed by atoms with Gasteiger partial charge in [-0.25, -0.2) is 4.98 Å². The largest absolute Gasteiger partial charge is 0.454 e. The summed E-state index contributed by atoms with van der Waals surface area (Å²) in [5.74, 6) is 0.637. The van der Waals surface area contributed by atoms with Gasteiger partial charge in [-0.1, -0.05) is 0 Å². The number of amides is 2. The molecule has 0 bridgehead atoms. The van der Waals surface area contributed by atoms with Crippen LogP contribution in [0, 0.1) is 6.92 Å². The van der Waals surface area contributed by atoms with E-state index in [1.54, 1.807) is 24.4 Å². The fourth-order valence-electron chi connectivity index (χ4n) is 2.41. The molecule has 0 radical (unpaired) electrons. The number of nitrogens with zero attached hydrogens (tertiary/aromatic N) is 2. The first-order valence-electron chi connectivity index (χ1n) is 7.87. The van der Waals surface area contributed by atoms with Crippen molar-refractivity contribution in [3.63, 3.8) is 0 Å². The van der Waals surface area contributed by atoms with Crippen LogP contribution < -0.4 is 14.8 Å². The maximum atomic E-state index is 12.8. The molecule has 2 heterocycles. The first-order valence-corrected chi connectivity index (χ1v) is 8.68. The molecule has 2 aromatic rings. The van der Waals surface area contributed by atoms with Crippen molar-refractivity contribution in [3.05, 3.63) is 34.8 Å². The van der Waals surface area contributed by atoms with E-state index in [-0.39, 0.29) is 31.2 Å². The summed E-state index contributed by atoms with van der Waals surface area (Å²) in [6.45, 7) is 5.74. The van der Waals surface area contributed by atoms with Crippen LogP contribution in [0.5, 0.6) is 11.5 Å². The predicted molar refractivity (Wildman–Crippen MR) is 94.2 cm³/mol. The summed E-state index contributed by atoms with van der Waals surface area (Å²) in [4.78, 5) is 31.7. The number of carbonyl (C=O) groups excluding carboxylic acids is 2. The Hall–Kier alpha value is -2.61. The van der Waals surface area contributed by atoms with Gasteiger partial charge in [-0.2, -0.15) is 0 Å². The van der Waals surface area contributed by atoms with E-state index in [1.807, 2.05) is 20.8 Å². The Bertz CT molecular complexity index is 803. The number of hydrogen-bond donors (Lipinski definition) is 1. The highest BCUT2D eigenvalue weighted by molar-refractivity contribution is 7.15. The summed E-state index contributed by atoms with van der Waals surface area (Å²) >= 11 is 1.39. The van der Waals surface area contributed by atoms with Crippen molar-refractivity contribution in [2.45, 2.75) is 26.8 Å². The Morgan fingerprint density at radius 3 is 2.76 bits per heavy atom. The number of thiazole rings is 1. The summed E-state index contributed by atoms with van der Waals surface area (Å²) in [5, 5.41) is 3.26. The summed E-state index contributed by atoms with van der Waals surface area (Å²) in [6, 6.07) is 4.88. The molecule has 0 unspecified atom stereocenters. The van der Waals surface area contributed by atoms with E-state index in [1.165, 1.54) is 16.2 Å². The average Bonchev–Trinajstić information content (AvgIpc) is 3.19. The molecular weight excluding hydrogens is 342 g/mol. The third-order valence-electron chi connectivity index (χ3n) is 3.69. The van der Waals surface area contributed by atoms with Crippen LogP contribution in [0.2, 0.25) is 0 Å². The minimum Gasteiger partial charge on any atom is -0.454 e. The van der Waals surface area contributed by atoms with Crippen molar-refractivity contribution in [1.29, 1.82) is 0 Å². The molecule has 1 N–H and O–H groups in total. The second-order valence-corrected chi connectivity index (χ2v) is 7.15. The lowest BCUT2D eigenvalue weighted by Crippen LogP contribution is -2.42. The number of hydrogen-bond acceptors (Lipinski definition) is 6. The summed E-state index contributed by atoms with van der Waals surface area (Å²) in [6.07, 6.45) is 1.69. The SMILES string of the molecule is Cc1cnc(NC(=O)CN(C(=O)c2ccc3c(c2)OCO3)C(C)C)s1. The molecule has 8 heteroatoms. The molecular formula is C17H19N3O4S. The van der Waals surface area contributed by atoms with Crippen LogP contribution in [-0.4, -0.2) is 41.1 Å². The lowest BCUT2D eigenvalue weighted by molar-refractivity contribution is -0.117. The first-order chi connectivity index (χ1) is 11.9. The monoisotopic (exact) mass is 361 g/mol. The Labute approximate surface area is 149 Å². The lowest BCUT2D eigenvalue weighted by atomic mass is 10.1. The molecule has 0 fully saturated rings. The quantitative estimate of drug-likeness (QED) is 0.885. The molecule has 2 amide bonds. The van der Waals surface area contributed by atoms with E-state index in [2.05, 4.69) is 10.3 Å². The van der Waals surface area contributed by atoms with E-state index in [9.17, 15) is 9.59 Å². The number of ether oxygens (including phenoxy) is 2. The van der Waals surface area contributed by atoms with Gasteiger partial charge in [-0.3, -0.25) is 9.59 Å². The van der Waals surface area contributed by atoms with Gasteiger partial charge in [0.15, 0.2) is 16.6 Å². The fourth-order valence-corrected chi connectivity index (χ4v) is 3.09. The number of aryl methyl sites for hydroxylation is 1. The predicted octanol–water partition coefficient (Wildman–Crippen LogP) is 2.67. The van der Waals surface area contributed by atoms with Crippen LogP contribution in [0.15, 0.2) is 24.4 Å². The van der Waals surface area contributed by atoms with Gasteiger partial charge in [-0.15, -0.1) is 11.3 Å². The second kappa shape index (κ2) is 7.10. The van der Waals surface area contributed by atoms with Crippen LogP contribution >= 0.6 is 11.3 Å². The Morgan fingerprint density at radius 2 is 2.08 bits per heavy atom. The van der Waals surface area contributed by atoms with E-state index >= 15 is 0 Å². The van der Waals surface area contributed by atoms with Crippen molar-refractivity contribution < 1.29 is 19.1 Å². The average molecular weight is 361 g/mol. The van der Waals surface area contributed by atoms with Gasteiger partial charge >= 0.3 is 0 Å². The number of carbonyl (C=O) groups is 2. The second-order valence-electron chi connectivity index (χ2n) is 5.92. The van der Waals surface area contributed by atoms with Gasteiger partial charge in [0.05, 0.1) is 0 Å². The van der Waals surface area contributed by atoms with E-state index in [0.29, 0.717) is 22.2 Å². The number of benzene rings is 1. The first kappa shape index (κ1) is 17.2. The molecule has 1 aliphatic rings. The highest BCUT2D eigenvalue weighted by Gasteiger charge is 2.24. The van der Waals surface area contributed by atoms with Gasteiger partial charge in [0, 0.05) is 22.7 Å². The van der Waals surface area contributed by atoms with E-state index in [4.69, 9.17) is 9.47 Å². The van der Waals surface area contributed by atoms with E-state index in [0.717, 1.165) is 4.88 Å². The number of nitrogens with one attached hydrogen (secondary N) is 1. The molecule has 0 saturated heterocycles. The Morgan fingerprint density at radius 1 is 1.32 bits per heavy atom. The normalized spacial score (nSPS) is 12.3. The molecule has 0 aliphatic carbocycles. The van der Waals surface area contributed by atoms with Crippen LogP contribution in [0.3, 0.4) is 0 Å². The maximum Gasteiger partial charge on any atom is 0.254 e. The number of aromatic nitrogens is 1. The van der Waals surface area contributed by atoms with Crippen LogP contribution in [0.25, 0.3) is 0 Å². The third-order valence-corrected chi connectivity index (χ3v) is 4.51. The van der Waals surface area contributed by atoms with Gasteiger partial charge in [-0.05, 0) is 39.0 Å². The zero-order valence-corrected chi connectivity index (χ0v) is 15.1. The molecule has 25 heavy (non-hydrogen) atoms. The number of fused-ring (bicyclic) bond motifs is 1. The molecule has 3 rings (SSSR count). The van der Waals surface area contributed by atoms with Gasteiger partial charge in [0.2, 0.25) is 12.7 Å². The highest BCUT2D eigenvalue weighted by Crippen LogP contribution is 2.33.